The van der Waals surface area contributed by atoms with E-state index in [9.17, 15) is 4.79 Å². The molecule has 18 heavy (non-hydrogen) atoms. The summed E-state index contributed by atoms with van der Waals surface area (Å²) in [6.07, 6.45) is 3.33. The van der Waals surface area contributed by atoms with Crippen LogP contribution in [0.5, 0.6) is 0 Å². The van der Waals surface area contributed by atoms with Crippen LogP contribution in [0.1, 0.15) is 29.8 Å². The fraction of sp³-hybridized carbons (Fsp3) is 0.500. The quantitative estimate of drug-likeness (QED) is 0.528. The molecule has 0 saturated carbocycles. The van der Waals surface area contributed by atoms with E-state index >= 15 is 0 Å². The number of pyridine rings is 1. The molecule has 0 aliphatic carbocycles. The van der Waals surface area contributed by atoms with Gasteiger partial charge >= 0.3 is 0 Å². The highest BCUT2D eigenvalue weighted by Crippen LogP contribution is 2.14. The summed E-state index contributed by atoms with van der Waals surface area (Å²) in [5.74, 6) is 5.53. The molecule has 6 heteroatoms. The molecular weight excluding hydrogens is 232 g/mol. The normalized spacial score (nSPS) is 18.6. The highest BCUT2D eigenvalue weighted by Gasteiger charge is 2.15. The molecule has 4 N–H and O–H groups in total. The smallest absolute Gasteiger partial charge is 0.269 e. The lowest BCUT2D eigenvalue weighted by Gasteiger charge is -2.10. The van der Waals surface area contributed by atoms with Gasteiger partial charge in [0.1, 0.15) is 11.5 Å². The van der Waals surface area contributed by atoms with Crippen LogP contribution < -0.4 is 16.6 Å². The van der Waals surface area contributed by atoms with Crippen LogP contribution in [-0.4, -0.2) is 30.1 Å². The molecular formula is C12H18N4O2. The van der Waals surface area contributed by atoms with Crippen LogP contribution >= 0.6 is 0 Å². The van der Waals surface area contributed by atoms with Gasteiger partial charge in [0, 0.05) is 13.2 Å². The second-order valence-electron chi connectivity index (χ2n) is 4.23. The van der Waals surface area contributed by atoms with Gasteiger partial charge in [-0.3, -0.25) is 4.79 Å². The second kappa shape index (κ2) is 6.32. The minimum atomic E-state index is -0.190. The van der Waals surface area contributed by atoms with Crippen molar-refractivity contribution in [3.63, 3.8) is 0 Å². The molecule has 0 radical (unpaired) electrons. The summed E-state index contributed by atoms with van der Waals surface area (Å²) in [6.45, 7) is 1.44. The van der Waals surface area contributed by atoms with Crippen molar-refractivity contribution in [3.8, 4) is 0 Å². The van der Waals surface area contributed by atoms with Gasteiger partial charge in [0.15, 0.2) is 0 Å². The Hall–Kier alpha value is -1.66. The zero-order valence-corrected chi connectivity index (χ0v) is 10.2. The number of ether oxygens (including phenoxy) is 1. The molecule has 0 aromatic carbocycles. The van der Waals surface area contributed by atoms with Crippen LogP contribution in [0.2, 0.25) is 0 Å². The third kappa shape index (κ3) is 3.41. The van der Waals surface area contributed by atoms with Gasteiger partial charge in [0.05, 0.1) is 6.10 Å². The first-order chi connectivity index (χ1) is 8.79. The third-order valence-corrected chi connectivity index (χ3v) is 2.91. The van der Waals surface area contributed by atoms with Crippen LogP contribution in [0.25, 0.3) is 0 Å². The topological polar surface area (TPSA) is 89.3 Å². The monoisotopic (exact) mass is 250 g/mol. The molecule has 0 bridgehead atoms. The molecule has 1 aromatic heterocycles. The van der Waals surface area contributed by atoms with Crippen molar-refractivity contribution in [1.82, 2.24) is 10.3 Å². The summed E-state index contributed by atoms with van der Waals surface area (Å²) in [7, 11) is 0. The zero-order chi connectivity index (χ0) is 12.8. The third-order valence-electron chi connectivity index (χ3n) is 2.91. The number of hydrogen-bond acceptors (Lipinski definition) is 5. The zero-order valence-electron chi connectivity index (χ0n) is 10.2. The predicted molar refractivity (Wildman–Crippen MR) is 68.0 cm³/mol. The minimum Gasteiger partial charge on any atom is -0.378 e. The van der Waals surface area contributed by atoms with Crippen molar-refractivity contribution in [3.05, 3.63) is 23.9 Å². The van der Waals surface area contributed by atoms with Gasteiger partial charge in [0.2, 0.25) is 0 Å². The molecule has 1 unspecified atom stereocenters. The lowest BCUT2D eigenvalue weighted by Crippen LogP contribution is -2.28. The van der Waals surface area contributed by atoms with Crippen LogP contribution in [0.15, 0.2) is 18.2 Å². The summed E-state index contributed by atoms with van der Waals surface area (Å²) >= 11 is 0. The Morgan fingerprint density at radius 3 is 3.17 bits per heavy atom. The predicted octanol–water partition coefficient (Wildman–Crippen LogP) is 0.666. The van der Waals surface area contributed by atoms with Crippen LogP contribution in [0, 0.1) is 0 Å². The van der Waals surface area contributed by atoms with E-state index in [1.165, 1.54) is 0 Å². The molecule has 98 valence electrons. The van der Waals surface area contributed by atoms with Crippen molar-refractivity contribution in [1.29, 1.82) is 0 Å². The van der Waals surface area contributed by atoms with Crippen molar-refractivity contribution < 1.29 is 9.53 Å². The molecule has 1 aromatic rings. The van der Waals surface area contributed by atoms with Crippen LogP contribution in [0.3, 0.4) is 0 Å². The van der Waals surface area contributed by atoms with E-state index in [-0.39, 0.29) is 12.0 Å². The number of hydrazine groups is 1. The molecule has 2 heterocycles. The number of nitrogens with one attached hydrogen (secondary N) is 2. The van der Waals surface area contributed by atoms with Gasteiger partial charge in [-0.25, -0.2) is 10.8 Å². The summed E-state index contributed by atoms with van der Waals surface area (Å²) in [6, 6.07) is 5.09. The largest absolute Gasteiger partial charge is 0.378 e. The van der Waals surface area contributed by atoms with E-state index in [2.05, 4.69) is 15.7 Å². The standard InChI is InChI=1S/C12H18N4O2/c13-16-11-5-1-4-10(15-11)12(17)14-7-6-9-3-2-8-18-9/h1,4-5,9H,2-3,6-8,13H2,(H,14,17)(H,15,16). The molecule has 1 saturated heterocycles. The first-order valence-electron chi connectivity index (χ1n) is 6.13. The van der Waals surface area contributed by atoms with Crippen molar-refractivity contribution >= 4 is 11.7 Å². The maximum absolute atomic E-state index is 11.8. The molecule has 1 aliphatic rings. The minimum absolute atomic E-state index is 0.190. The highest BCUT2D eigenvalue weighted by atomic mass is 16.5. The average Bonchev–Trinajstić information content (AvgIpc) is 2.92. The van der Waals surface area contributed by atoms with Gasteiger partial charge in [-0.05, 0) is 31.4 Å². The van der Waals surface area contributed by atoms with Gasteiger partial charge in [-0.2, -0.15) is 0 Å². The van der Waals surface area contributed by atoms with Crippen molar-refractivity contribution in [2.75, 3.05) is 18.6 Å². The Morgan fingerprint density at radius 2 is 2.44 bits per heavy atom. The number of nitrogens with two attached hydrogens (primary N) is 1. The highest BCUT2D eigenvalue weighted by molar-refractivity contribution is 5.92. The van der Waals surface area contributed by atoms with E-state index < -0.39 is 0 Å². The maximum atomic E-state index is 11.8. The fourth-order valence-corrected chi connectivity index (χ4v) is 1.95. The number of hydrogen-bond donors (Lipinski definition) is 3. The Labute approximate surface area is 106 Å². The van der Waals surface area contributed by atoms with Crippen LogP contribution in [0.4, 0.5) is 5.82 Å². The van der Waals surface area contributed by atoms with E-state index in [1.54, 1.807) is 18.2 Å². The lowest BCUT2D eigenvalue weighted by molar-refractivity contribution is 0.0903. The number of carbonyl (C=O) groups is 1. The number of aromatic nitrogens is 1. The lowest BCUT2D eigenvalue weighted by atomic mass is 10.2. The maximum Gasteiger partial charge on any atom is 0.269 e. The van der Waals surface area contributed by atoms with Crippen LogP contribution in [-0.2, 0) is 4.74 Å². The average molecular weight is 250 g/mol. The Balaban J connectivity index is 1.79. The molecule has 0 spiro atoms. The number of rotatable bonds is 5. The summed E-state index contributed by atoms with van der Waals surface area (Å²) in [5, 5.41) is 2.83. The van der Waals surface area contributed by atoms with Crippen molar-refractivity contribution in [2.24, 2.45) is 5.84 Å². The van der Waals surface area contributed by atoms with E-state index in [0.29, 0.717) is 18.1 Å². The van der Waals surface area contributed by atoms with Gasteiger partial charge < -0.3 is 15.5 Å². The summed E-state index contributed by atoms with van der Waals surface area (Å²) in [4.78, 5) is 15.9. The molecule has 1 aliphatic heterocycles. The first-order valence-corrected chi connectivity index (χ1v) is 6.13. The Bertz CT molecular complexity index is 405. The van der Waals surface area contributed by atoms with Gasteiger partial charge in [0.25, 0.3) is 5.91 Å². The van der Waals surface area contributed by atoms with Gasteiger partial charge in [-0.15, -0.1) is 0 Å². The van der Waals surface area contributed by atoms with E-state index in [0.717, 1.165) is 25.9 Å². The summed E-state index contributed by atoms with van der Waals surface area (Å²) < 4.78 is 5.48. The number of anilines is 1. The summed E-state index contributed by atoms with van der Waals surface area (Å²) in [5.41, 5.74) is 2.77. The number of nitrogen functional groups attached to an aromatic ring is 1. The second-order valence-corrected chi connectivity index (χ2v) is 4.23. The molecule has 6 nitrogen and oxygen atoms in total. The van der Waals surface area contributed by atoms with Crippen molar-refractivity contribution in [2.45, 2.75) is 25.4 Å². The number of amides is 1. The molecule has 1 amide bonds. The first kappa shape index (κ1) is 12.8. The molecule has 1 fully saturated rings. The Morgan fingerprint density at radius 1 is 1.56 bits per heavy atom. The molecule has 1 atom stereocenters. The number of nitrogens with zero attached hydrogens (tertiary/aromatic N) is 1. The fourth-order valence-electron chi connectivity index (χ4n) is 1.95. The van der Waals surface area contributed by atoms with Gasteiger partial charge in [-0.1, -0.05) is 6.07 Å². The molecule has 2 rings (SSSR count). The SMILES string of the molecule is NNc1cccc(C(=O)NCCC2CCCO2)n1. The Kier molecular flexibility index (Phi) is 4.49. The number of carbonyl (C=O) groups excluding carboxylic acids is 1. The van der Waals surface area contributed by atoms with E-state index in [4.69, 9.17) is 10.6 Å². The van der Waals surface area contributed by atoms with E-state index in [1.807, 2.05) is 0 Å².